The van der Waals surface area contributed by atoms with Gasteiger partial charge in [-0.3, -0.25) is 24.6 Å². The van der Waals surface area contributed by atoms with Gasteiger partial charge >= 0.3 is 5.69 Å². The van der Waals surface area contributed by atoms with Crippen LogP contribution >= 0.6 is 0 Å². The molecule has 0 saturated carbocycles. The molecule has 1 saturated heterocycles. The molecule has 1 N–H and O–H groups in total. The molecule has 1 fully saturated rings. The number of anilines is 1. The Morgan fingerprint density at radius 1 is 1.10 bits per heavy atom. The summed E-state index contributed by atoms with van der Waals surface area (Å²) in [5.41, 5.74) is 0.745. The summed E-state index contributed by atoms with van der Waals surface area (Å²) >= 11 is 0. The van der Waals surface area contributed by atoms with Crippen LogP contribution in [0.1, 0.15) is 10.4 Å². The van der Waals surface area contributed by atoms with Crippen molar-refractivity contribution in [3.05, 3.63) is 64.2 Å². The van der Waals surface area contributed by atoms with E-state index < -0.39 is 4.92 Å². The second-order valence-corrected chi connectivity index (χ2v) is 6.63. The fourth-order valence-corrected chi connectivity index (χ4v) is 3.18. The topological polar surface area (TPSA) is 105 Å². The Kier molecular flexibility index (Phi) is 6.40. The highest BCUT2D eigenvalue weighted by molar-refractivity contribution is 5.95. The van der Waals surface area contributed by atoms with E-state index in [-0.39, 0.29) is 35.4 Å². The SMILES string of the molecule is COc1ccc(C(=O)N2CCN(CC(=O)Nc3ccccc3)CC2)cc1[N+](=O)[O-]. The number of para-hydroxylation sites is 1. The number of hydrogen-bond donors (Lipinski definition) is 1. The zero-order valence-electron chi connectivity index (χ0n) is 16.0. The molecule has 2 amide bonds. The molecule has 1 aliphatic rings. The summed E-state index contributed by atoms with van der Waals surface area (Å²) in [6.07, 6.45) is 0. The van der Waals surface area contributed by atoms with Gasteiger partial charge in [0.15, 0.2) is 5.75 Å². The fourth-order valence-electron chi connectivity index (χ4n) is 3.18. The van der Waals surface area contributed by atoms with Gasteiger partial charge in [-0.25, -0.2) is 0 Å². The molecule has 3 rings (SSSR count). The second kappa shape index (κ2) is 9.16. The molecule has 2 aromatic rings. The summed E-state index contributed by atoms with van der Waals surface area (Å²) in [7, 11) is 1.34. The van der Waals surface area contributed by atoms with Gasteiger partial charge in [0, 0.05) is 43.5 Å². The normalized spacial score (nSPS) is 14.3. The van der Waals surface area contributed by atoms with Crippen molar-refractivity contribution in [3.63, 3.8) is 0 Å². The average molecular weight is 398 g/mol. The van der Waals surface area contributed by atoms with E-state index >= 15 is 0 Å². The van der Waals surface area contributed by atoms with Crippen molar-refractivity contribution in [2.75, 3.05) is 45.2 Å². The van der Waals surface area contributed by atoms with Crippen molar-refractivity contribution in [2.24, 2.45) is 0 Å². The summed E-state index contributed by atoms with van der Waals surface area (Å²) in [4.78, 5) is 39.1. The smallest absolute Gasteiger partial charge is 0.311 e. The van der Waals surface area contributed by atoms with E-state index in [1.54, 1.807) is 4.90 Å². The van der Waals surface area contributed by atoms with Crippen LogP contribution in [0.4, 0.5) is 11.4 Å². The van der Waals surface area contributed by atoms with Crippen molar-refractivity contribution in [1.29, 1.82) is 0 Å². The van der Waals surface area contributed by atoms with Crippen molar-refractivity contribution in [3.8, 4) is 5.75 Å². The molecule has 0 radical (unpaired) electrons. The third-order valence-corrected chi connectivity index (χ3v) is 4.71. The number of carbonyl (C=O) groups is 2. The summed E-state index contributed by atoms with van der Waals surface area (Å²) in [5.74, 6) is -0.272. The highest BCUT2D eigenvalue weighted by atomic mass is 16.6. The van der Waals surface area contributed by atoms with Crippen LogP contribution in [0.25, 0.3) is 0 Å². The van der Waals surface area contributed by atoms with Crippen LogP contribution in [-0.2, 0) is 4.79 Å². The van der Waals surface area contributed by atoms with E-state index in [4.69, 9.17) is 4.74 Å². The molecule has 29 heavy (non-hydrogen) atoms. The third-order valence-electron chi connectivity index (χ3n) is 4.71. The van der Waals surface area contributed by atoms with Crippen LogP contribution < -0.4 is 10.1 Å². The molecule has 9 heteroatoms. The van der Waals surface area contributed by atoms with Crippen molar-refractivity contribution in [1.82, 2.24) is 9.80 Å². The Morgan fingerprint density at radius 2 is 1.79 bits per heavy atom. The lowest BCUT2D eigenvalue weighted by Gasteiger charge is -2.34. The van der Waals surface area contributed by atoms with Gasteiger partial charge in [-0.2, -0.15) is 0 Å². The second-order valence-electron chi connectivity index (χ2n) is 6.63. The molecule has 152 valence electrons. The predicted octanol–water partition coefficient (Wildman–Crippen LogP) is 2.00. The Morgan fingerprint density at radius 3 is 2.41 bits per heavy atom. The Labute approximate surface area is 168 Å². The zero-order chi connectivity index (χ0) is 20.8. The molecule has 0 spiro atoms. The maximum absolute atomic E-state index is 12.7. The van der Waals surface area contributed by atoms with E-state index in [9.17, 15) is 19.7 Å². The first-order valence-electron chi connectivity index (χ1n) is 9.17. The monoisotopic (exact) mass is 398 g/mol. The molecule has 0 aliphatic carbocycles. The van der Waals surface area contributed by atoms with E-state index in [1.807, 2.05) is 35.2 Å². The zero-order valence-corrected chi connectivity index (χ0v) is 16.0. The number of nitrogens with zero attached hydrogens (tertiary/aromatic N) is 3. The number of methoxy groups -OCH3 is 1. The van der Waals surface area contributed by atoms with Crippen molar-refractivity contribution >= 4 is 23.2 Å². The van der Waals surface area contributed by atoms with Gasteiger partial charge in [-0.1, -0.05) is 18.2 Å². The molecular formula is C20H22N4O5. The standard InChI is InChI=1S/C20H22N4O5/c1-29-18-8-7-15(13-17(18)24(27)28)20(26)23-11-9-22(10-12-23)14-19(25)21-16-5-3-2-4-6-16/h2-8,13H,9-12,14H2,1H3,(H,21,25). The highest BCUT2D eigenvalue weighted by Gasteiger charge is 2.25. The van der Waals surface area contributed by atoms with Crippen LogP contribution in [0.2, 0.25) is 0 Å². The predicted molar refractivity (Wildman–Crippen MR) is 107 cm³/mol. The number of amides is 2. The fraction of sp³-hybridized carbons (Fsp3) is 0.300. The van der Waals surface area contributed by atoms with Gasteiger partial charge in [0.05, 0.1) is 18.6 Å². The molecule has 1 heterocycles. The van der Waals surface area contributed by atoms with Crippen LogP contribution in [0.5, 0.6) is 5.75 Å². The van der Waals surface area contributed by atoms with Crippen LogP contribution in [-0.4, -0.2) is 66.4 Å². The number of carbonyl (C=O) groups excluding carboxylic acids is 2. The lowest BCUT2D eigenvalue weighted by atomic mass is 10.1. The maximum Gasteiger partial charge on any atom is 0.311 e. The Hall–Kier alpha value is -3.46. The summed E-state index contributed by atoms with van der Waals surface area (Å²) < 4.78 is 4.97. The van der Waals surface area contributed by atoms with Crippen LogP contribution in [0, 0.1) is 10.1 Å². The minimum atomic E-state index is -0.571. The first-order valence-corrected chi connectivity index (χ1v) is 9.17. The molecule has 0 bridgehead atoms. The largest absolute Gasteiger partial charge is 0.490 e. The van der Waals surface area contributed by atoms with Gasteiger partial charge < -0.3 is 15.0 Å². The summed E-state index contributed by atoms with van der Waals surface area (Å²) in [6, 6.07) is 13.4. The minimum Gasteiger partial charge on any atom is -0.490 e. The number of piperazine rings is 1. The lowest BCUT2D eigenvalue weighted by molar-refractivity contribution is -0.385. The van der Waals surface area contributed by atoms with Gasteiger partial charge in [0.25, 0.3) is 5.91 Å². The number of benzene rings is 2. The van der Waals surface area contributed by atoms with Crippen molar-refractivity contribution in [2.45, 2.75) is 0 Å². The van der Waals surface area contributed by atoms with Gasteiger partial charge in [0.2, 0.25) is 5.91 Å². The third kappa shape index (κ3) is 5.08. The van der Waals surface area contributed by atoms with E-state index in [0.717, 1.165) is 5.69 Å². The Balaban J connectivity index is 1.55. The van der Waals surface area contributed by atoms with Crippen molar-refractivity contribution < 1.29 is 19.2 Å². The van der Waals surface area contributed by atoms with Crippen LogP contribution in [0.3, 0.4) is 0 Å². The quantitative estimate of drug-likeness (QED) is 0.589. The number of nitrogens with one attached hydrogen (secondary N) is 1. The highest BCUT2D eigenvalue weighted by Crippen LogP contribution is 2.28. The first-order chi connectivity index (χ1) is 14.0. The van der Waals surface area contributed by atoms with Gasteiger partial charge in [0.1, 0.15) is 0 Å². The minimum absolute atomic E-state index is 0.109. The lowest BCUT2D eigenvalue weighted by Crippen LogP contribution is -2.50. The molecule has 0 unspecified atom stereocenters. The number of rotatable bonds is 6. The van der Waals surface area contributed by atoms with Gasteiger partial charge in [-0.15, -0.1) is 0 Å². The Bertz CT molecular complexity index is 895. The summed E-state index contributed by atoms with van der Waals surface area (Å²) in [5, 5.41) is 14.0. The molecular weight excluding hydrogens is 376 g/mol. The average Bonchev–Trinajstić information content (AvgIpc) is 2.74. The number of nitro benzene ring substituents is 1. The van der Waals surface area contributed by atoms with E-state index in [2.05, 4.69) is 5.32 Å². The number of nitro groups is 1. The van der Waals surface area contributed by atoms with E-state index in [0.29, 0.717) is 26.2 Å². The molecule has 1 aliphatic heterocycles. The van der Waals surface area contributed by atoms with E-state index in [1.165, 1.54) is 25.3 Å². The maximum atomic E-state index is 12.7. The molecule has 0 atom stereocenters. The summed E-state index contributed by atoms with van der Waals surface area (Å²) in [6.45, 7) is 2.22. The molecule has 9 nitrogen and oxygen atoms in total. The number of hydrogen-bond acceptors (Lipinski definition) is 6. The molecule has 2 aromatic carbocycles. The molecule has 0 aromatic heterocycles. The van der Waals surface area contributed by atoms with Crippen LogP contribution in [0.15, 0.2) is 48.5 Å². The first kappa shape index (κ1) is 20.3. The number of ether oxygens (including phenoxy) is 1. The van der Waals surface area contributed by atoms with Gasteiger partial charge in [-0.05, 0) is 24.3 Å².